The van der Waals surface area contributed by atoms with Crippen LogP contribution in [0.4, 0.5) is 5.82 Å². The third-order valence-corrected chi connectivity index (χ3v) is 4.65. The van der Waals surface area contributed by atoms with E-state index in [0.717, 1.165) is 22.8 Å². The number of hydrogen-bond donors (Lipinski definition) is 0. The van der Waals surface area contributed by atoms with Gasteiger partial charge in [-0.15, -0.1) is 22.7 Å². The summed E-state index contributed by atoms with van der Waals surface area (Å²) in [6.45, 7) is 2.70. The second kappa shape index (κ2) is 4.75. The van der Waals surface area contributed by atoms with Crippen molar-refractivity contribution >= 4 is 39.7 Å². The Morgan fingerprint density at radius 2 is 2.32 bits per heavy atom. The van der Waals surface area contributed by atoms with E-state index >= 15 is 0 Å². The fraction of sp³-hybridized carbons (Fsp3) is 0.250. The maximum atomic E-state index is 11.3. The van der Waals surface area contributed by atoms with Gasteiger partial charge in [0.05, 0.1) is 17.7 Å². The zero-order chi connectivity index (χ0) is 13.4. The fourth-order valence-corrected chi connectivity index (χ4v) is 3.50. The summed E-state index contributed by atoms with van der Waals surface area (Å²) in [6.07, 6.45) is 2.73. The molecule has 3 aromatic rings. The van der Waals surface area contributed by atoms with E-state index in [1.54, 1.807) is 11.3 Å². The van der Waals surface area contributed by atoms with Crippen LogP contribution in [0, 0.1) is 6.92 Å². The highest BCUT2D eigenvalue weighted by Gasteiger charge is 2.17. The molecule has 3 aromatic heterocycles. The fourth-order valence-electron chi connectivity index (χ4n) is 1.95. The van der Waals surface area contributed by atoms with E-state index in [4.69, 9.17) is 0 Å². The van der Waals surface area contributed by atoms with Gasteiger partial charge in [0, 0.05) is 23.5 Å². The van der Waals surface area contributed by atoms with E-state index in [-0.39, 0.29) is 0 Å². The van der Waals surface area contributed by atoms with E-state index in [1.165, 1.54) is 16.2 Å². The van der Waals surface area contributed by atoms with Crippen molar-refractivity contribution in [2.45, 2.75) is 13.5 Å². The molecule has 0 aliphatic carbocycles. The summed E-state index contributed by atoms with van der Waals surface area (Å²) in [7, 11) is 1.94. The van der Waals surface area contributed by atoms with Crippen molar-refractivity contribution in [2.24, 2.45) is 0 Å². The summed E-state index contributed by atoms with van der Waals surface area (Å²) in [5, 5.41) is 1.92. The number of hydrogen-bond acceptors (Lipinski definition) is 6. The van der Waals surface area contributed by atoms with Gasteiger partial charge in [-0.3, -0.25) is 9.20 Å². The number of aromatic nitrogens is 3. The van der Waals surface area contributed by atoms with Crippen molar-refractivity contribution in [3.05, 3.63) is 33.4 Å². The van der Waals surface area contributed by atoms with Crippen LogP contribution >= 0.6 is 22.7 Å². The highest BCUT2D eigenvalue weighted by Crippen LogP contribution is 2.25. The van der Waals surface area contributed by atoms with E-state index < -0.39 is 0 Å². The van der Waals surface area contributed by atoms with Gasteiger partial charge >= 0.3 is 0 Å². The van der Waals surface area contributed by atoms with E-state index in [1.807, 2.05) is 40.4 Å². The predicted octanol–water partition coefficient (Wildman–Crippen LogP) is 2.61. The third kappa shape index (κ3) is 2.04. The molecule has 0 N–H and O–H groups in total. The number of aryl methyl sites for hydroxylation is 1. The summed E-state index contributed by atoms with van der Waals surface area (Å²) >= 11 is 3.14. The molecule has 98 valence electrons. The number of imidazole rings is 1. The molecule has 0 fully saturated rings. The first-order valence-electron chi connectivity index (χ1n) is 5.71. The standard InChI is InChI=1S/C12H12N4OS2/c1-8-10(19-7-13-8)5-15(2)11-9(6-17)16-3-4-18-12(16)14-11/h3-4,6-7H,5H2,1-2H3. The second-order valence-corrected chi connectivity index (χ2v) is 6.02. The van der Waals surface area contributed by atoms with Crippen LogP contribution in [0.3, 0.4) is 0 Å². The summed E-state index contributed by atoms with van der Waals surface area (Å²) < 4.78 is 1.82. The van der Waals surface area contributed by atoms with Crippen molar-refractivity contribution in [3.8, 4) is 0 Å². The topological polar surface area (TPSA) is 50.5 Å². The Kier molecular flexibility index (Phi) is 3.08. The van der Waals surface area contributed by atoms with Crippen molar-refractivity contribution in [2.75, 3.05) is 11.9 Å². The van der Waals surface area contributed by atoms with Crippen LogP contribution in [0.1, 0.15) is 21.1 Å². The SMILES string of the molecule is Cc1ncsc1CN(C)c1nc2sccn2c1C=O. The summed E-state index contributed by atoms with van der Waals surface area (Å²) in [6, 6.07) is 0. The lowest BCUT2D eigenvalue weighted by molar-refractivity contribution is 0.111. The van der Waals surface area contributed by atoms with Gasteiger partial charge in [-0.05, 0) is 6.92 Å². The average Bonchev–Trinajstić information content (AvgIpc) is 3.05. The predicted molar refractivity (Wildman–Crippen MR) is 77.4 cm³/mol. The molecule has 0 spiro atoms. The molecular formula is C12H12N4OS2. The minimum absolute atomic E-state index is 0.598. The number of nitrogens with zero attached hydrogens (tertiary/aromatic N) is 4. The third-order valence-electron chi connectivity index (χ3n) is 2.98. The van der Waals surface area contributed by atoms with Crippen molar-refractivity contribution in [1.29, 1.82) is 0 Å². The molecule has 0 atom stereocenters. The summed E-state index contributed by atoms with van der Waals surface area (Å²) in [4.78, 5) is 24.1. The molecule has 3 rings (SSSR count). The largest absolute Gasteiger partial charge is 0.353 e. The van der Waals surface area contributed by atoms with Gasteiger partial charge in [-0.25, -0.2) is 9.97 Å². The number of thiazole rings is 2. The van der Waals surface area contributed by atoms with Crippen LogP contribution < -0.4 is 4.90 Å². The number of carbonyl (C=O) groups excluding carboxylic acids is 1. The zero-order valence-electron chi connectivity index (χ0n) is 10.5. The molecule has 0 unspecified atom stereocenters. The maximum absolute atomic E-state index is 11.3. The Labute approximate surface area is 118 Å². The van der Waals surface area contributed by atoms with Gasteiger partial charge in [0.15, 0.2) is 17.1 Å². The molecule has 5 nitrogen and oxygen atoms in total. The summed E-state index contributed by atoms with van der Waals surface area (Å²) in [5.74, 6) is 0.717. The van der Waals surface area contributed by atoms with Crippen LogP contribution in [0.25, 0.3) is 4.96 Å². The number of rotatable bonds is 4. The van der Waals surface area contributed by atoms with Crippen LogP contribution in [0.5, 0.6) is 0 Å². The lowest BCUT2D eigenvalue weighted by atomic mass is 10.3. The molecule has 7 heteroatoms. The Bertz CT molecular complexity index is 727. The van der Waals surface area contributed by atoms with Crippen molar-refractivity contribution in [1.82, 2.24) is 14.4 Å². The first-order valence-corrected chi connectivity index (χ1v) is 7.47. The number of carbonyl (C=O) groups is 1. The van der Waals surface area contributed by atoms with E-state index in [9.17, 15) is 4.79 Å². The van der Waals surface area contributed by atoms with Gasteiger partial charge in [0.25, 0.3) is 0 Å². The van der Waals surface area contributed by atoms with Gasteiger partial charge < -0.3 is 4.90 Å². The highest BCUT2D eigenvalue weighted by atomic mass is 32.1. The lowest BCUT2D eigenvalue weighted by Gasteiger charge is -2.16. The van der Waals surface area contributed by atoms with Crippen LogP contribution in [-0.2, 0) is 6.54 Å². The van der Waals surface area contributed by atoms with E-state index in [0.29, 0.717) is 12.2 Å². The number of anilines is 1. The Balaban J connectivity index is 1.97. The molecule has 0 saturated heterocycles. The lowest BCUT2D eigenvalue weighted by Crippen LogP contribution is -2.18. The van der Waals surface area contributed by atoms with Gasteiger partial charge in [-0.1, -0.05) is 0 Å². The molecule has 0 aliphatic rings. The normalized spacial score (nSPS) is 11.1. The Morgan fingerprint density at radius 1 is 1.47 bits per heavy atom. The Hall–Kier alpha value is -1.73. The minimum Gasteiger partial charge on any atom is -0.353 e. The molecule has 3 heterocycles. The first-order chi connectivity index (χ1) is 9.20. The quantitative estimate of drug-likeness (QED) is 0.694. The van der Waals surface area contributed by atoms with Crippen LogP contribution in [0.15, 0.2) is 17.1 Å². The van der Waals surface area contributed by atoms with Gasteiger partial charge in [0.2, 0.25) is 0 Å². The number of fused-ring (bicyclic) bond motifs is 1. The smallest absolute Gasteiger partial charge is 0.196 e. The second-order valence-electron chi connectivity index (χ2n) is 4.21. The molecule has 0 saturated carbocycles. The molecule has 0 amide bonds. The molecule has 19 heavy (non-hydrogen) atoms. The van der Waals surface area contributed by atoms with Crippen molar-refractivity contribution in [3.63, 3.8) is 0 Å². The minimum atomic E-state index is 0.598. The monoisotopic (exact) mass is 292 g/mol. The molecule has 0 aromatic carbocycles. The summed E-state index contributed by atoms with van der Waals surface area (Å²) in [5.41, 5.74) is 3.47. The average molecular weight is 292 g/mol. The van der Waals surface area contributed by atoms with Gasteiger partial charge in [-0.2, -0.15) is 0 Å². The van der Waals surface area contributed by atoms with Crippen LogP contribution in [0.2, 0.25) is 0 Å². The van der Waals surface area contributed by atoms with Gasteiger partial charge in [0.1, 0.15) is 5.69 Å². The molecule has 0 bridgehead atoms. The van der Waals surface area contributed by atoms with Crippen LogP contribution in [-0.4, -0.2) is 27.7 Å². The van der Waals surface area contributed by atoms with Crippen molar-refractivity contribution < 1.29 is 4.79 Å². The highest BCUT2D eigenvalue weighted by molar-refractivity contribution is 7.15. The zero-order valence-corrected chi connectivity index (χ0v) is 12.2. The molecule has 0 radical (unpaired) electrons. The maximum Gasteiger partial charge on any atom is 0.196 e. The number of aldehydes is 1. The molecular weight excluding hydrogens is 280 g/mol. The molecule has 0 aliphatic heterocycles. The Morgan fingerprint density at radius 3 is 3.00 bits per heavy atom. The van der Waals surface area contributed by atoms with E-state index in [2.05, 4.69) is 9.97 Å². The first kappa shape index (κ1) is 12.3.